The van der Waals surface area contributed by atoms with E-state index in [9.17, 15) is 5.11 Å². The molecule has 0 spiro atoms. The van der Waals surface area contributed by atoms with Gasteiger partial charge >= 0.3 is 0 Å². The van der Waals surface area contributed by atoms with Gasteiger partial charge in [0.1, 0.15) is 0 Å². The molecule has 0 aliphatic carbocycles. The van der Waals surface area contributed by atoms with E-state index in [1.54, 1.807) is 0 Å². The number of aromatic nitrogens is 2. The Bertz CT molecular complexity index is 326. The van der Waals surface area contributed by atoms with Crippen LogP contribution in [-0.4, -0.2) is 46.9 Å². The predicted molar refractivity (Wildman–Crippen MR) is 53.1 cm³/mol. The van der Waals surface area contributed by atoms with Gasteiger partial charge in [-0.1, -0.05) is 5.16 Å². The molecule has 0 radical (unpaired) electrons. The molecule has 1 aromatic heterocycles. The molecule has 1 aliphatic heterocycles. The highest BCUT2D eigenvalue weighted by atomic mass is 16.5. The van der Waals surface area contributed by atoms with E-state index in [2.05, 4.69) is 15.5 Å². The second-order valence-corrected chi connectivity index (χ2v) is 4.14. The third-order valence-corrected chi connectivity index (χ3v) is 2.35. The number of aliphatic hydroxyl groups is 1. The number of hydrogen-bond donors (Lipinski definition) is 2. The van der Waals surface area contributed by atoms with Crippen molar-refractivity contribution in [2.24, 2.45) is 0 Å². The maximum Gasteiger partial charge on any atom is 0.243 e. The first kappa shape index (κ1) is 10.5. The molecule has 0 aromatic carbocycles. The van der Waals surface area contributed by atoms with Gasteiger partial charge in [-0.3, -0.25) is 0 Å². The normalized spacial score (nSPS) is 26.4. The Morgan fingerprint density at radius 2 is 2.40 bits per heavy atom. The van der Waals surface area contributed by atoms with Crippen molar-refractivity contribution < 1.29 is 9.63 Å². The van der Waals surface area contributed by atoms with Crippen LogP contribution in [0.25, 0.3) is 0 Å². The van der Waals surface area contributed by atoms with Gasteiger partial charge in [-0.2, -0.15) is 4.98 Å². The summed E-state index contributed by atoms with van der Waals surface area (Å²) in [6, 6.07) is 0.00316. The molecule has 1 aliphatic rings. The molecule has 0 saturated carbocycles. The Kier molecular flexibility index (Phi) is 2.99. The Morgan fingerprint density at radius 1 is 1.60 bits per heavy atom. The van der Waals surface area contributed by atoms with E-state index >= 15 is 0 Å². The van der Waals surface area contributed by atoms with E-state index in [0.717, 1.165) is 0 Å². The summed E-state index contributed by atoms with van der Waals surface area (Å²) >= 11 is 0. The Labute approximate surface area is 88.3 Å². The molecule has 0 amide bonds. The quantitative estimate of drug-likeness (QED) is 0.705. The molecule has 0 unspecified atom stereocenters. The average molecular weight is 212 g/mol. The van der Waals surface area contributed by atoms with Gasteiger partial charge in [0, 0.05) is 6.54 Å². The van der Waals surface area contributed by atoms with Gasteiger partial charge in [0.25, 0.3) is 0 Å². The molecule has 1 saturated heterocycles. The number of nitrogens with zero attached hydrogens (tertiary/aromatic N) is 3. The largest absolute Gasteiger partial charge is 0.392 e. The molecule has 6 nitrogen and oxygen atoms in total. The zero-order valence-corrected chi connectivity index (χ0v) is 8.97. The molecule has 1 fully saturated rings. The van der Waals surface area contributed by atoms with Gasteiger partial charge in [0.2, 0.25) is 5.89 Å². The fourth-order valence-electron chi connectivity index (χ4n) is 1.66. The highest BCUT2D eigenvalue weighted by Gasteiger charge is 2.27. The highest BCUT2D eigenvalue weighted by Crippen LogP contribution is 2.21. The van der Waals surface area contributed by atoms with Gasteiger partial charge in [-0.25, -0.2) is 0 Å². The SMILES string of the molecule is CN(C)Cc1noc([C@H]2C[C@H](O)CN2)n1. The van der Waals surface area contributed by atoms with Crippen LogP contribution in [0.1, 0.15) is 24.2 Å². The van der Waals surface area contributed by atoms with Crippen LogP contribution >= 0.6 is 0 Å². The fraction of sp³-hybridized carbons (Fsp3) is 0.778. The van der Waals surface area contributed by atoms with Crippen LogP contribution in [0.3, 0.4) is 0 Å². The second-order valence-electron chi connectivity index (χ2n) is 4.14. The molecular weight excluding hydrogens is 196 g/mol. The lowest BCUT2D eigenvalue weighted by Crippen LogP contribution is -2.15. The van der Waals surface area contributed by atoms with Crippen molar-refractivity contribution in [3.05, 3.63) is 11.7 Å². The summed E-state index contributed by atoms with van der Waals surface area (Å²) in [6.07, 6.45) is 0.336. The van der Waals surface area contributed by atoms with Crippen molar-refractivity contribution in [1.82, 2.24) is 20.4 Å². The highest BCUT2D eigenvalue weighted by molar-refractivity contribution is 4.97. The summed E-state index contributed by atoms with van der Waals surface area (Å²) in [6.45, 7) is 1.26. The van der Waals surface area contributed by atoms with Crippen molar-refractivity contribution in [3.8, 4) is 0 Å². The van der Waals surface area contributed by atoms with Crippen molar-refractivity contribution in [2.45, 2.75) is 25.1 Å². The molecule has 2 atom stereocenters. The monoisotopic (exact) mass is 212 g/mol. The zero-order chi connectivity index (χ0) is 10.8. The van der Waals surface area contributed by atoms with Gasteiger partial charge in [-0.05, 0) is 20.5 Å². The van der Waals surface area contributed by atoms with E-state index in [1.807, 2.05) is 19.0 Å². The third-order valence-electron chi connectivity index (χ3n) is 2.35. The molecule has 15 heavy (non-hydrogen) atoms. The Hall–Kier alpha value is -0.980. The zero-order valence-electron chi connectivity index (χ0n) is 8.97. The van der Waals surface area contributed by atoms with Crippen molar-refractivity contribution >= 4 is 0 Å². The first-order valence-electron chi connectivity index (χ1n) is 5.04. The van der Waals surface area contributed by atoms with E-state index < -0.39 is 0 Å². The summed E-state index contributed by atoms with van der Waals surface area (Å²) < 4.78 is 5.14. The first-order valence-corrected chi connectivity index (χ1v) is 5.04. The molecule has 84 valence electrons. The van der Waals surface area contributed by atoms with Crippen molar-refractivity contribution in [1.29, 1.82) is 0 Å². The first-order chi connectivity index (χ1) is 7.15. The van der Waals surface area contributed by atoms with Crippen LogP contribution in [-0.2, 0) is 6.54 Å². The van der Waals surface area contributed by atoms with Gasteiger partial charge in [-0.15, -0.1) is 0 Å². The number of hydrogen-bond acceptors (Lipinski definition) is 6. The fourth-order valence-corrected chi connectivity index (χ4v) is 1.66. The van der Waals surface area contributed by atoms with Crippen LogP contribution < -0.4 is 5.32 Å². The van der Waals surface area contributed by atoms with Crippen LogP contribution in [0, 0.1) is 0 Å². The predicted octanol–water partition coefficient (Wildman–Crippen LogP) is -0.474. The summed E-state index contributed by atoms with van der Waals surface area (Å²) in [5.74, 6) is 1.25. The van der Waals surface area contributed by atoms with Gasteiger partial charge in [0.15, 0.2) is 5.82 Å². The van der Waals surface area contributed by atoms with Crippen molar-refractivity contribution in [2.75, 3.05) is 20.6 Å². The summed E-state index contributed by atoms with van der Waals surface area (Å²) in [5.41, 5.74) is 0. The minimum absolute atomic E-state index is 0.00316. The number of β-amino-alcohol motifs (C(OH)–C–C–N with tert-alkyl or cyclic N) is 1. The topological polar surface area (TPSA) is 74.4 Å². The Balaban J connectivity index is 2.00. The summed E-state index contributed by atoms with van der Waals surface area (Å²) in [4.78, 5) is 6.25. The maximum absolute atomic E-state index is 9.35. The van der Waals surface area contributed by atoms with Crippen LogP contribution in [0.2, 0.25) is 0 Å². The third kappa shape index (κ3) is 2.53. The summed E-state index contributed by atoms with van der Waals surface area (Å²) in [7, 11) is 3.90. The van der Waals surface area contributed by atoms with Gasteiger partial charge in [0.05, 0.1) is 18.7 Å². The molecule has 2 heterocycles. The number of rotatable bonds is 3. The lowest BCUT2D eigenvalue weighted by molar-refractivity contribution is 0.191. The molecule has 6 heteroatoms. The molecule has 1 aromatic rings. The summed E-state index contributed by atoms with van der Waals surface area (Å²) in [5, 5.41) is 16.4. The van der Waals surface area contributed by atoms with E-state index in [1.165, 1.54) is 0 Å². The Morgan fingerprint density at radius 3 is 3.00 bits per heavy atom. The number of nitrogens with one attached hydrogen (secondary N) is 1. The van der Waals surface area contributed by atoms with Crippen LogP contribution in [0.15, 0.2) is 4.52 Å². The molecular formula is C9H16N4O2. The number of aliphatic hydroxyl groups excluding tert-OH is 1. The van der Waals surface area contributed by atoms with Crippen molar-refractivity contribution in [3.63, 3.8) is 0 Å². The minimum Gasteiger partial charge on any atom is -0.392 e. The second kappa shape index (κ2) is 4.26. The van der Waals surface area contributed by atoms with E-state index in [0.29, 0.717) is 31.2 Å². The van der Waals surface area contributed by atoms with Crippen LogP contribution in [0.4, 0.5) is 0 Å². The lowest BCUT2D eigenvalue weighted by atomic mass is 10.2. The molecule has 2 rings (SSSR count). The maximum atomic E-state index is 9.35. The average Bonchev–Trinajstić information content (AvgIpc) is 2.72. The minimum atomic E-state index is -0.306. The lowest BCUT2D eigenvalue weighted by Gasteiger charge is -2.04. The smallest absolute Gasteiger partial charge is 0.243 e. The van der Waals surface area contributed by atoms with E-state index in [-0.39, 0.29) is 12.1 Å². The molecule has 2 N–H and O–H groups in total. The van der Waals surface area contributed by atoms with Crippen LogP contribution in [0.5, 0.6) is 0 Å². The standard InChI is InChI=1S/C9H16N4O2/c1-13(2)5-8-11-9(15-12-8)7-3-6(14)4-10-7/h6-7,10,14H,3-5H2,1-2H3/t6-,7+/m0/s1. The van der Waals surface area contributed by atoms with E-state index in [4.69, 9.17) is 4.52 Å². The molecule has 0 bridgehead atoms. The van der Waals surface area contributed by atoms with Gasteiger partial charge < -0.3 is 19.8 Å².